The second-order valence-electron chi connectivity index (χ2n) is 6.63. The summed E-state index contributed by atoms with van der Waals surface area (Å²) < 4.78 is 5.02. The molecule has 4 atom stereocenters. The van der Waals surface area contributed by atoms with Gasteiger partial charge in [0.15, 0.2) is 0 Å². The van der Waals surface area contributed by atoms with Crippen LogP contribution in [0, 0.1) is 11.8 Å². The summed E-state index contributed by atoms with van der Waals surface area (Å²) in [7, 11) is 2.77. The topological polar surface area (TPSA) is 75.7 Å². The number of amides is 2. The first-order valence-electron chi connectivity index (χ1n) is 8.30. The average molecular weight is 365 g/mol. The smallest absolute Gasteiger partial charge is 0.326 e. The predicted molar refractivity (Wildman–Crippen MR) is 91.7 cm³/mol. The van der Waals surface area contributed by atoms with Crippen LogP contribution in [-0.4, -0.2) is 42.4 Å². The Morgan fingerprint density at radius 2 is 1.92 bits per heavy atom. The van der Waals surface area contributed by atoms with E-state index < -0.39 is 29.4 Å². The number of carbonyl (C=O) groups excluding carboxylic acids is 3. The molecule has 134 valence electrons. The summed E-state index contributed by atoms with van der Waals surface area (Å²) in [6.07, 6.45) is 1.08. The maximum absolute atomic E-state index is 12.8. The molecular formula is C18H21ClN2O4. The number of methoxy groups -OCH3 is 1. The van der Waals surface area contributed by atoms with Gasteiger partial charge in [0.2, 0.25) is 11.8 Å². The first-order chi connectivity index (χ1) is 11.9. The fraction of sp³-hybridized carbons (Fsp3) is 0.500. The lowest BCUT2D eigenvalue weighted by Gasteiger charge is -2.31. The standard InChI is InChI=1S/C18H21ClN2O4/c1-4-9-18(17(24)25-3)13-12(15(22)21(2)16(13)23)14(20-18)10-5-7-11(19)8-6-10/h5-8,12-14,20H,4,9H2,1-3H3/t12-,13+,14-,18-/m0/s1. The monoisotopic (exact) mass is 364 g/mol. The van der Waals surface area contributed by atoms with Crippen molar-refractivity contribution < 1.29 is 19.1 Å². The van der Waals surface area contributed by atoms with Gasteiger partial charge in [-0.1, -0.05) is 37.1 Å². The van der Waals surface area contributed by atoms with Gasteiger partial charge in [0.1, 0.15) is 5.54 Å². The average Bonchev–Trinajstić information content (AvgIpc) is 3.06. The Morgan fingerprint density at radius 1 is 1.28 bits per heavy atom. The van der Waals surface area contributed by atoms with E-state index in [2.05, 4.69) is 5.32 Å². The van der Waals surface area contributed by atoms with Crippen LogP contribution in [0.5, 0.6) is 0 Å². The zero-order valence-electron chi connectivity index (χ0n) is 14.4. The largest absolute Gasteiger partial charge is 0.468 e. The van der Waals surface area contributed by atoms with Crippen molar-refractivity contribution in [3.63, 3.8) is 0 Å². The molecule has 0 saturated carbocycles. The highest BCUT2D eigenvalue weighted by Gasteiger charge is 2.67. The van der Waals surface area contributed by atoms with Crippen molar-refractivity contribution >= 4 is 29.4 Å². The maximum Gasteiger partial charge on any atom is 0.326 e. The van der Waals surface area contributed by atoms with Crippen LogP contribution in [0.15, 0.2) is 24.3 Å². The molecule has 0 aromatic heterocycles. The van der Waals surface area contributed by atoms with E-state index in [0.717, 1.165) is 10.5 Å². The van der Waals surface area contributed by atoms with Gasteiger partial charge in [0, 0.05) is 18.1 Å². The van der Waals surface area contributed by atoms with Crippen molar-refractivity contribution in [1.29, 1.82) is 0 Å². The molecule has 6 nitrogen and oxygen atoms in total. The Kier molecular flexibility index (Phi) is 4.60. The minimum absolute atomic E-state index is 0.274. The number of nitrogens with zero attached hydrogens (tertiary/aromatic N) is 1. The summed E-state index contributed by atoms with van der Waals surface area (Å²) in [5.74, 6) is -2.51. The van der Waals surface area contributed by atoms with Crippen LogP contribution >= 0.6 is 11.6 Å². The second-order valence-corrected chi connectivity index (χ2v) is 7.06. The number of likely N-dealkylation sites (tertiary alicyclic amines) is 1. The highest BCUT2D eigenvalue weighted by Crippen LogP contribution is 2.50. The summed E-state index contributed by atoms with van der Waals surface area (Å²) >= 11 is 5.96. The lowest BCUT2D eigenvalue weighted by Crippen LogP contribution is -2.56. The molecule has 0 bridgehead atoms. The summed E-state index contributed by atoms with van der Waals surface area (Å²) in [5, 5.41) is 3.87. The molecule has 2 amide bonds. The molecule has 25 heavy (non-hydrogen) atoms. The van der Waals surface area contributed by atoms with Crippen LogP contribution in [0.1, 0.15) is 31.4 Å². The van der Waals surface area contributed by atoms with Crippen LogP contribution in [0.25, 0.3) is 0 Å². The lowest BCUT2D eigenvalue weighted by atomic mass is 9.77. The third kappa shape index (κ3) is 2.55. The van der Waals surface area contributed by atoms with Crippen molar-refractivity contribution in [2.45, 2.75) is 31.3 Å². The molecule has 3 rings (SSSR count). The van der Waals surface area contributed by atoms with Gasteiger partial charge in [-0.05, 0) is 24.1 Å². The maximum atomic E-state index is 12.8. The van der Waals surface area contributed by atoms with E-state index in [1.54, 1.807) is 12.1 Å². The third-order valence-electron chi connectivity index (χ3n) is 5.30. The van der Waals surface area contributed by atoms with Gasteiger partial charge >= 0.3 is 5.97 Å². The fourth-order valence-electron chi connectivity index (χ4n) is 4.20. The van der Waals surface area contributed by atoms with E-state index in [-0.39, 0.29) is 11.8 Å². The number of hydrogen-bond donors (Lipinski definition) is 1. The first kappa shape index (κ1) is 17.9. The Hall–Kier alpha value is -1.92. The molecular weight excluding hydrogens is 344 g/mol. The molecule has 2 aliphatic heterocycles. The van der Waals surface area contributed by atoms with Crippen LogP contribution in [0.2, 0.25) is 5.02 Å². The molecule has 2 saturated heterocycles. The summed E-state index contributed by atoms with van der Waals surface area (Å²) in [5.41, 5.74) is -0.381. The van der Waals surface area contributed by atoms with Gasteiger partial charge in [-0.3, -0.25) is 24.6 Å². The van der Waals surface area contributed by atoms with Crippen LogP contribution in [-0.2, 0) is 19.1 Å². The number of hydrogen-bond acceptors (Lipinski definition) is 5. The van der Waals surface area contributed by atoms with Crippen LogP contribution in [0.3, 0.4) is 0 Å². The second kappa shape index (κ2) is 6.42. The van der Waals surface area contributed by atoms with E-state index in [0.29, 0.717) is 17.9 Å². The number of imide groups is 1. The van der Waals surface area contributed by atoms with Crippen LogP contribution in [0.4, 0.5) is 0 Å². The Bertz CT molecular complexity index is 720. The number of halogens is 1. The zero-order chi connectivity index (χ0) is 18.4. The Labute approximate surface area is 151 Å². The normalized spacial score (nSPS) is 31.4. The molecule has 1 N–H and O–H groups in total. The van der Waals surface area contributed by atoms with E-state index in [1.165, 1.54) is 14.2 Å². The molecule has 0 aliphatic carbocycles. The van der Waals surface area contributed by atoms with E-state index >= 15 is 0 Å². The molecule has 1 aromatic carbocycles. The number of carbonyl (C=O) groups is 3. The quantitative estimate of drug-likeness (QED) is 0.652. The molecule has 0 spiro atoms. The first-order valence-corrected chi connectivity index (χ1v) is 8.68. The molecule has 2 heterocycles. The van der Waals surface area contributed by atoms with E-state index in [1.807, 2.05) is 19.1 Å². The van der Waals surface area contributed by atoms with Crippen molar-refractivity contribution in [1.82, 2.24) is 10.2 Å². The van der Waals surface area contributed by atoms with Crippen molar-refractivity contribution in [3.8, 4) is 0 Å². The number of esters is 1. The predicted octanol–water partition coefficient (Wildman–Crippen LogP) is 1.93. The SMILES string of the molecule is CCC[C@]1(C(=O)OC)N[C@@H](c2ccc(Cl)cc2)[C@H]2C(=O)N(C)C(=O)[C@@H]21. The van der Waals surface area contributed by atoms with Crippen molar-refractivity contribution in [2.75, 3.05) is 14.2 Å². The van der Waals surface area contributed by atoms with Crippen molar-refractivity contribution in [3.05, 3.63) is 34.9 Å². The molecule has 2 fully saturated rings. The molecule has 1 aromatic rings. The van der Waals surface area contributed by atoms with Crippen molar-refractivity contribution in [2.24, 2.45) is 11.8 Å². The van der Waals surface area contributed by atoms with E-state index in [4.69, 9.17) is 16.3 Å². The minimum Gasteiger partial charge on any atom is -0.468 e. The minimum atomic E-state index is -1.20. The van der Waals surface area contributed by atoms with Gasteiger partial charge in [-0.2, -0.15) is 0 Å². The number of rotatable bonds is 4. The van der Waals surface area contributed by atoms with Gasteiger partial charge in [-0.15, -0.1) is 0 Å². The molecule has 0 unspecified atom stereocenters. The summed E-state index contributed by atoms with van der Waals surface area (Å²) in [4.78, 5) is 39.3. The number of ether oxygens (including phenoxy) is 1. The molecule has 7 heteroatoms. The third-order valence-corrected chi connectivity index (χ3v) is 5.55. The summed E-state index contributed by atoms with van der Waals surface area (Å²) in [6, 6.07) is 6.64. The molecule has 0 radical (unpaired) electrons. The number of nitrogens with one attached hydrogen (secondary N) is 1. The lowest BCUT2D eigenvalue weighted by molar-refractivity contribution is -0.154. The van der Waals surface area contributed by atoms with Gasteiger partial charge in [0.05, 0.1) is 18.9 Å². The number of fused-ring (bicyclic) bond motifs is 1. The fourth-order valence-corrected chi connectivity index (χ4v) is 4.33. The summed E-state index contributed by atoms with van der Waals surface area (Å²) in [6.45, 7) is 1.93. The highest BCUT2D eigenvalue weighted by atomic mass is 35.5. The molecule has 2 aliphatic rings. The van der Waals surface area contributed by atoms with Gasteiger partial charge in [-0.25, -0.2) is 0 Å². The highest BCUT2D eigenvalue weighted by molar-refractivity contribution is 6.30. The van der Waals surface area contributed by atoms with E-state index in [9.17, 15) is 14.4 Å². The van der Waals surface area contributed by atoms with Gasteiger partial charge in [0.25, 0.3) is 0 Å². The van der Waals surface area contributed by atoms with Gasteiger partial charge < -0.3 is 4.74 Å². The Morgan fingerprint density at radius 3 is 2.48 bits per heavy atom. The Balaban J connectivity index is 2.13. The number of benzene rings is 1. The van der Waals surface area contributed by atoms with Crippen LogP contribution < -0.4 is 5.32 Å². The zero-order valence-corrected chi connectivity index (χ0v) is 15.2.